The molecule has 2 heterocycles. The van der Waals surface area contributed by atoms with Crippen molar-refractivity contribution in [2.24, 2.45) is 0 Å². The van der Waals surface area contributed by atoms with Crippen LogP contribution in [-0.2, 0) is 25.1 Å². The third kappa shape index (κ3) is 6.64. The van der Waals surface area contributed by atoms with Crippen molar-refractivity contribution in [3.63, 3.8) is 0 Å². The standard InChI is InChI=1S/C26H30N6O5S/c1-17-15-37-13-12-32(17)24-14-22(16-38(35,36)23-10-8-20(9-11-23)28-18(2)33)29-25(31-24)19-4-6-21(7-5-19)30-26(34)27-3/h4-11,14,17H,12-13,15-16H2,1-3H3,(H,28,33)(H2,27,30,34)/t17-/m0/s1. The van der Waals surface area contributed by atoms with Crippen LogP contribution in [0.3, 0.4) is 0 Å². The summed E-state index contributed by atoms with van der Waals surface area (Å²) in [5, 5.41) is 7.82. The van der Waals surface area contributed by atoms with Gasteiger partial charge in [-0.25, -0.2) is 23.2 Å². The molecular weight excluding hydrogens is 508 g/mol. The van der Waals surface area contributed by atoms with Gasteiger partial charge in [-0.05, 0) is 55.5 Å². The van der Waals surface area contributed by atoms with Gasteiger partial charge in [0, 0.05) is 43.5 Å². The Morgan fingerprint density at radius 1 is 1.03 bits per heavy atom. The van der Waals surface area contributed by atoms with Crippen molar-refractivity contribution in [2.75, 3.05) is 42.3 Å². The van der Waals surface area contributed by atoms with Crippen LogP contribution in [0.2, 0.25) is 0 Å². The van der Waals surface area contributed by atoms with E-state index < -0.39 is 9.84 Å². The van der Waals surface area contributed by atoms with Crippen molar-refractivity contribution in [1.29, 1.82) is 0 Å². The van der Waals surface area contributed by atoms with Gasteiger partial charge in [0.1, 0.15) is 5.82 Å². The monoisotopic (exact) mass is 538 g/mol. The Hall–Kier alpha value is -4.03. The number of nitrogens with one attached hydrogen (secondary N) is 3. The fourth-order valence-corrected chi connectivity index (χ4v) is 5.28. The Morgan fingerprint density at radius 2 is 1.68 bits per heavy atom. The van der Waals surface area contributed by atoms with Gasteiger partial charge in [0.25, 0.3) is 0 Å². The summed E-state index contributed by atoms with van der Waals surface area (Å²) in [6.07, 6.45) is 0. The number of rotatable bonds is 7. The van der Waals surface area contributed by atoms with E-state index in [1.165, 1.54) is 26.1 Å². The van der Waals surface area contributed by atoms with Crippen molar-refractivity contribution < 1.29 is 22.7 Å². The van der Waals surface area contributed by atoms with Crippen molar-refractivity contribution in [2.45, 2.75) is 30.5 Å². The number of carbonyl (C=O) groups is 2. The van der Waals surface area contributed by atoms with Crippen LogP contribution in [0.4, 0.5) is 22.0 Å². The lowest BCUT2D eigenvalue weighted by atomic mass is 10.2. The topological polar surface area (TPSA) is 143 Å². The molecule has 1 atom stereocenters. The van der Waals surface area contributed by atoms with Gasteiger partial charge in [-0.2, -0.15) is 0 Å². The molecule has 38 heavy (non-hydrogen) atoms. The molecule has 1 aliphatic rings. The normalized spacial score (nSPS) is 15.6. The molecule has 200 valence electrons. The maximum absolute atomic E-state index is 13.3. The van der Waals surface area contributed by atoms with Crippen LogP contribution in [0, 0.1) is 0 Å². The Balaban J connectivity index is 1.67. The van der Waals surface area contributed by atoms with E-state index in [9.17, 15) is 18.0 Å². The Kier molecular flexibility index (Phi) is 8.23. The number of hydrogen-bond acceptors (Lipinski definition) is 8. The molecule has 0 radical (unpaired) electrons. The molecular formula is C26H30N6O5S. The van der Waals surface area contributed by atoms with Gasteiger partial charge >= 0.3 is 6.03 Å². The third-order valence-electron chi connectivity index (χ3n) is 5.93. The quantitative estimate of drug-likeness (QED) is 0.417. The van der Waals surface area contributed by atoms with E-state index in [0.29, 0.717) is 54.0 Å². The number of carbonyl (C=O) groups excluding carboxylic acids is 2. The van der Waals surface area contributed by atoms with Crippen LogP contribution in [0.1, 0.15) is 19.5 Å². The molecule has 4 rings (SSSR count). The summed E-state index contributed by atoms with van der Waals surface area (Å²) in [6.45, 7) is 5.10. The minimum atomic E-state index is -3.74. The number of benzene rings is 2. The average molecular weight is 539 g/mol. The lowest BCUT2D eigenvalue weighted by Crippen LogP contribution is -2.44. The zero-order valence-corrected chi connectivity index (χ0v) is 22.2. The summed E-state index contributed by atoms with van der Waals surface area (Å²) < 4.78 is 32.1. The van der Waals surface area contributed by atoms with E-state index in [-0.39, 0.29) is 28.6 Å². The second-order valence-corrected chi connectivity index (χ2v) is 10.9. The molecule has 0 unspecified atom stereocenters. The number of aromatic nitrogens is 2. The molecule has 0 aliphatic carbocycles. The van der Waals surface area contributed by atoms with E-state index in [1.807, 2.05) is 6.92 Å². The first-order valence-electron chi connectivity index (χ1n) is 12.1. The number of ether oxygens (including phenoxy) is 1. The third-order valence-corrected chi connectivity index (χ3v) is 7.59. The van der Waals surface area contributed by atoms with Crippen molar-refractivity contribution in [1.82, 2.24) is 15.3 Å². The Bertz CT molecular complexity index is 1410. The highest BCUT2D eigenvalue weighted by atomic mass is 32.2. The highest BCUT2D eigenvalue weighted by Crippen LogP contribution is 2.26. The second-order valence-electron chi connectivity index (χ2n) is 8.90. The summed E-state index contributed by atoms with van der Waals surface area (Å²) in [4.78, 5) is 34.4. The highest BCUT2D eigenvalue weighted by Gasteiger charge is 2.24. The predicted molar refractivity (Wildman–Crippen MR) is 145 cm³/mol. The minimum absolute atomic E-state index is 0.0522. The number of hydrogen-bond donors (Lipinski definition) is 3. The van der Waals surface area contributed by atoms with Crippen LogP contribution in [0.5, 0.6) is 0 Å². The zero-order chi connectivity index (χ0) is 27.3. The van der Waals surface area contributed by atoms with Gasteiger partial charge in [-0.15, -0.1) is 0 Å². The van der Waals surface area contributed by atoms with Gasteiger partial charge in [-0.1, -0.05) is 0 Å². The van der Waals surface area contributed by atoms with Crippen LogP contribution in [-0.4, -0.2) is 63.2 Å². The first-order chi connectivity index (χ1) is 18.1. The van der Waals surface area contributed by atoms with Gasteiger partial charge in [0.05, 0.1) is 35.6 Å². The van der Waals surface area contributed by atoms with E-state index in [2.05, 4.69) is 25.8 Å². The maximum Gasteiger partial charge on any atom is 0.318 e. The minimum Gasteiger partial charge on any atom is -0.377 e. The summed E-state index contributed by atoms with van der Waals surface area (Å²) in [5.74, 6) is 0.421. The van der Waals surface area contributed by atoms with Crippen molar-refractivity contribution in [3.05, 3.63) is 60.3 Å². The fourth-order valence-electron chi connectivity index (χ4n) is 4.02. The van der Waals surface area contributed by atoms with E-state index in [4.69, 9.17) is 9.72 Å². The Labute approximate surface area is 221 Å². The smallest absolute Gasteiger partial charge is 0.318 e. The van der Waals surface area contributed by atoms with Crippen LogP contribution >= 0.6 is 0 Å². The number of urea groups is 1. The predicted octanol–water partition coefficient (Wildman–Crippen LogP) is 3.05. The summed E-state index contributed by atoms with van der Waals surface area (Å²) in [7, 11) is -2.21. The number of nitrogens with zero attached hydrogens (tertiary/aromatic N) is 3. The van der Waals surface area contributed by atoms with E-state index in [0.717, 1.165) is 0 Å². The summed E-state index contributed by atoms with van der Waals surface area (Å²) >= 11 is 0. The SMILES string of the molecule is CNC(=O)Nc1ccc(-c2nc(CS(=O)(=O)c3ccc(NC(C)=O)cc3)cc(N3CCOC[C@@H]3C)n2)cc1. The molecule has 3 N–H and O–H groups in total. The van der Waals surface area contributed by atoms with Gasteiger partial charge < -0.3 is 25.6 Å². The van der Waals surface area contributed by atoms with E-state index >= 15 is 0 Å². The molecule has 0 spiro atoms. The zero-order valence-electron chi connectivity index (χ0n) is 21.4. The summed E-state index contributed by atoms with van der Waals surface area (Å²) in [6, 6.07) is 14.4. The summed E-state index contributed by atoms with van der Waals surface area (Å²) in [5.41, 5.74) is 2.13. The second kappa shape index (κ2) is 11.6. The van der Waals surface area contributed by atoms with Gasteiger partial charge in [-0.3, -0.25) is 4.79 Å². The largest absolute Gasteiger partial charge is 0.377 e. The first-order valence-corrected chi connectivity index (χ1v) is 13.7. The molecule has 1 saturated heterocycles. The number of anilines is 3. The highest BCUT2D eigenvalue weighted by molar-refractivity contribution is 7.90. The molecule has 1 aliphatic heterocycles. The average Bonchev–Trinajstić information content (AvgIpc) is 2.89. The number of morpholine rings is 1. The molecule has 3 amide bonds. The molecule has 0 saturated carbocycles. The van der Waals surface area contributed by atoms with Gasteiger partial charge in [0.2, 0.25) is 5.91 Å². The molecule has 1 aromatic heterocycles. The molecule has 11 nitrogen and oxygen atoms in total. The number of amides is 3. The molecule has 3 aromatic rings. The van der Waals surface area contributed by atoms with Gasteiger partial charge in [0.15, 0.2) is 15.7 Å². The molecule has 12 heteroatoms. The molecule has 2 aromatic carbocycles. The van der Waals surface area contributed by atoms with Crippen LogP contribution in [0.25, 0.3) is 11.4 Å². The van der Waals surface area contributed by atoms with Crippen molar-refractivity contribution >= 4 is 39.0 Å². The lowest BCUT2D eigenvalue weighted by Gasteiger charge is -2.34. The molecule has 1 fully saturated rings. The van der Waals surface area contributed by atoms with Crippen LogP contribution in [0.15, 0.2) is 59.5 Å². The molecule has 0 bridgehead atoms. The van der Waals surface area contributed by atoms with E-state index in [1.54, 1.807) is 42.5 Å². The lowest BCUT2D eigenvalue weighted by molar-refractivity contribution is -0.114. The Morgan fingerprint density at radius 3 is 2.32 bits per heavy atom. The fraction of sp³-hybridized carbons (Fsp3) is 0.308. The first kappa shape index (κ1) is 27.0. The van der Waals surface area contributed by atoms with Crippen molar-refractivity contribution in [3.8, 4) is 11.4 Å². The maximum atomic E-state index is 13.3. The van der Waals surface area contributed by atoms with Crippen LogP contribution < -0.4 is 20.9 Å². The number of sulfone groups is 1.